The Hall–Kier alpha value is -2.28. The number of aromatic nitrogens is 3. The maximum atomic E-state index is 13.1. The third kappa shape index (κ3) is 2.82. The number of carbonyl (C=O) groups excluding carboxylic acids is 2. The van der Waals surface area contributed by atoms with E-state index in [9.17, 15) is 14.0 Å². The highest BCUT2D eigenvalue weighted by atomic mass is 35.5. The topological polar surface area (TPSA) is 68.1 Å². The van der Waals surface area contributed by atoms with E-state index in [0.29, 0.717) is 5.56 Å². The zero-order chi connectivity index (χ0) is 17.6. The van der Waals surface area contributed by atoms with E-state index in [-0.39, 0.29) is 41.2 Å². The number of amides is 2. The summed E-state index contributed by atoms with van der Waals surface area (Å²) in [6, 6.07) is 4.12. The Balaban J connectivity index is 1.57. The van der Waals surface area contributed by atoms with Crippen LogP contribution in [0.5, 0.6) is 0 Å². The third-order valence-corrected chi connectivity index (χ3v) is 5.26. The molecule has 0 spiro atoms. The van der Waals surface area contributed by atoms with E-state index in [4.69, 9.17) is 11.6 Å². The van der Waals surface area contributed by atoms with E-state index in [1.165, 1.54) is 23.1 Å². The second-order valence-electron chi connectivity index (χ2n) is 6.49. The van der Waals surface area contributed by atoms with Crippen LogP contribution < -0.4 is 4.90 Å². The lowest BCUT2D eigenvalue weighted by Crippen LogP contribution is -2.32. The van der Waals surface area contributed by atoms with E-state index >= 15 is 0 Å². The maximum absolute atomic E-state index is 13.1. The maximum Gasteiger partial charge on any atom is 0.258 e. The summed E-state index contributed by atoms with van der Waals surface area (Å²) in [6.07, 6.45) is 4.88. The summed E-state index contributed by atoms with van der Waals surface area (Å²) in [6.45, 7) is 0.273. The predicted octanol–water partition coefficient (Wildman–Crippen LogP) is 2.80. The van der Waals surface area contributed by atoms with Crippen molar-refractivity contribution >= 4 is 29.4 Å². The highest BCUT2D eigenvalue weighted by Gasteiger charge is 2.50. The van der Waals surface area contributed by atoms with E-state index in [1.54, 1.807) is 6.07 Å². The molecule has 1 aromatic carbocycles. The van der Waals surface area contributed by atoms with Crippen LogP contribution in [0.3, 0.4) is 0 Å². The number of imide groups is 1. The number of hydrogen-bond acceptors (Lipinski definition) is 4. The Kier molecular flexibility index (Phi) is 4.03. The fourth-order valence-electron chi connectivity index (χ4n) is 3.65. The van der Waals surface area contributed by atoms with Crippen LogP contribution in [0.25, 0.3) is 0 Å². The van der Waals surface area contributed by atoms with Gasteiger partial charge in [0.2, 0.25) is 11.8 Å². The van der Waals surface area contributed by atoms with E-state index in [2.05, 4.69) is 10.1 Å². The molecule has 2 aromatic rings. The van der Waals surface area contributed by atoms with Crippen LogP contribution in [0, 0.1) is 17.7 Å². The van der Waals surface area contributed by atoms with Crippen molar-refractivity contribution in [1.29, 1.82) is 0 Å². The fraction of sp³-hybridized carbons (Fsp3) is 0.412. The van der Waals surface area contributed by atoms with Gasteiger partial charge in [-0.1, -0.05) is 30.5 Å². The molecule has 4 rings (SSSR count). The first kappa shape index (κ1) is 16.2. The molecule has 0 N–H and O–H groups in total. The van der Waals surface area contributed by atoms with Gasteiger partial charge in [-0.25, -0.2) is 14.0 Å². The minimum atomic E-state index is -0.413. The SMILES string of the molecule is O=C1C2CCCCC2C(=O)N1c1ncn(Cc2ccc(F)cc2Cl)n1. The van der Waals surface area contributed by atoms with Crippen molar-refractivity contribution in [2.24, 2.45) is 11.8 Å². The lowest BCUT2D eigenvalue weighted by molar-refractivity contribution is -0.122. The van der Waals surface area contributed by atoms with Crippen LogP contribution in [0.2, 0.25) is 5.02 Å². The normalized spacial score (nSPS) is 23.2. The molecule has 2 unspecified atom stereocenters. The summed E-state index contributed by atoms with van der Waals surface area (Å²) < 4.78 is 14.6. The molecular weight excluding hydrogens is 347 g/mol. The molecule has 2 heterocycles. The third-order valence-electron chi connectivity index (χ3n) is 4.91. The van der Waals surface area contributed by atoms with Gasteiger partial charge in [-0.2, -0.15) is 4.98 Å². The van der Waals surface area contributed by atoms with E-state index in [1.807, 2.05) is 0 Å². The summed E-state index contributed by atoms with van der Waals surface area (Å²) in [7, 11) is 0. The average Bonchev–Trinajstić information content (AvgIpc) is 3.14. The first-order valence-corrected chi connectivity index (χ1v) is 8.63. The molecule has 1 saturated heterocycles. The van der Waals surface area contributed by atoms with Crippen molar-refractivity contribution < 1.29 is 14.0 Å². The van der Waals surface area contributed by atoms with Gasteiger partial charge in [0.05, 0.1) is 18.4 Å². The molecule has 0 radical (unpaired) electrons. The quantitative estimate of drug-likeness (QED) is 0.787. The number of rotatable bonds is 3. The second kappa shape index (κ2) is 6.22. The van der Waals surface area contributed by atoms with Gasteiger partial charge in [0.25, 0.3) is 5.95 Å². The molecule has 2 aliphatic rings. The minimum absolute atomic E-state index is 0.0997. The Bertz CT molecular complexity index is 829. The molecule has 25 heavy (non-hydrogen) atoms. The zero-order valence-electron chi connectivity index (χ0n) is 13.4. The zero-order valence-corrected chi connectivity index (χ0v) is 14.1. The van der Waals surface area contributed by atoms with Crippen LogP contribution >= 0.6 is 11.6 Å². The van der Waals surface area contributed by atoms with Crippen LogP contribution in [0.15, 0.2) is 24.5 Å². The monoisotopic (exact) mass is 362 g/mol. The van der Waals surface area contributed by atoms with E-state index < -0.39 is 5.82 Å². The van der Waals surface area contributed by atoms with Crippen molar-refractivity contribution in [2.45, 2.75) is 32.2 Å². The predicted molar refractivity (Wildman–Crippen MR) is 88.5 cm³/mol. The number of fused-ring (bicyclic) bond motifs is 1. The lowest BCUT2D eigenvalue weighted by Gasteiger charge is -2.19. The average molecular weight is 363 g/mol. The molecule has 1 aromatic heterocycles. The molecule has 2 amide bonds. The number of nitrogens with zero attached hydrogens (tertiary/aromatic N) is 4. The van der Waals surface area contributed by atoms with E-state index in [0.717, 1.165) is 30.6 Å². The van der Waals surface area contributed by atoms with Gasteiger partial charge in [0, 0.05) is 5.02 Å². The Morgan fingerprint density at radius 1 is 1.16 bits per heavy atom. The van der Waals surface area contributed by atoms with Crippen molar-refractivity contribution in [1.82, 2.24) is 14.8 Å². The largest absolute Gasteiger partial charge is 0.274 e. The Morgan fingerprint density at radius 3 is 2.48 bits per heavy atom. The lowest BCUT2D eigenvalue weighted by atomic mass is 9.81. The fourth-order valence-corrected chi connectivity index (χ4v) is 3.87. The molecule has 1 saturated carbocycles. The minimum Gasteiger partial charge on any atom is -0.274 e. The second-order valence-corrected chi connectivity index (χ2v) is 6.89. The molecule has 6 nitrogen and oxygen atoms in total. The van der Waals surface area contributed by atoms with Crippen molar-refractivity contribution in [3.05, 3.63) is 40.9 Å². The first-order chi connectivity index (χ1) is 12.0. The highest BCUT2D eigenvalue weighted by Crippen LogP contribution is 2.39. The van der Waals surface area contributed by atoms with Crippen molar-refractivity contribution in [3.8, 4) is 0 Å². The van der Waals surface area contributed by atoms with Gasteiger partial charge < -0.3 is 0 Å². The van der Waals surface area contributed by atoms with Gasteiger partial charge in [0.15, 0.2) is 0 Å². The van der Waals surface area contributed by atoms with Crippen LogP contribution in [-0.4, -0.2) is 26.6 Å². The summed E-state index contributed by atoms with van der Waals surface area (Å²) in [5.41, 5.74) is 0.673. The Labute approximate surface area is 148 Å². The molecule has 130 valence electrons. The standard InChI is InChI=1S/C17H16ClFN4O2/c18-14-7-11(19)6-5-10(14)8-22-9-20-17(21-22)23-15(24)12-3-1-2-4-13(12)16(23)25/h5-7,9,12-13H,1-4,8H2. The first-order valence-electron chi connectivity index (χ1n) is 8.26. The van der Waals surface area contributed by atoms with Gasteiger partial charge in [-0.05, 0) is 30.5 Å². The summed E-state index contributed by atoms with van der Waals surface area (Å²) in [5.74, 6) is -1.19. The van der Waals surface area contributed by atoms with Crippen LogP contribution in [-0.2, 0) is 16.1 Å². The number of benzene rings is 1. The molecule has 8 heteroatoms. The van der Waals surface area contributed by atoms with Gasteiger partial charge in [-0.15, -0.1) is 5.10 Å². The number of anilines is 1. The van der Waals surface area contributed by atoms with Gasteiger partial charge >= 0.3 is 0 Å². The molecule has 2 fully saturated rings. The highest BCUT2D eigenvalue weighted by molar-refractivity contribution is 6.31. The number of hydrogen-bond donors (Lipinski definition) is 0. The van der Waals surface area contributed by atoms with Crippen molar-refractivity contribution in [3.63, 3.8) is 0 Å². The summed E-state index contributed by atoms with van der Waals surface area (Å²) in [5, 5.41) is 4.54. The van der Waals surface area contributed by atoms with Crippen LogP contribution in [0.4, 0.5) is 10.3 Å². The summed E-state index contributed by atoms with van der Waals surface area (Å²) in [4.78, 5) is 30.4. The molecule has 2 atom stereocenters. The number of carbonyl (C=O) groups is 2. The van der Waals surface area contributed by atoms with Gasteiger partial charge in [-0.3, -0.25) is 9.59 Å². The molecular formula is C17H16ClFN4O2. The molecule has 0 bridgehead atoms. The smallest absolute Gasteiger partial charge is 0.258 e. The van der Waals surface area contributed by atoms with Crippen molar-refractivity contribution in [2.75, 3.05) is 4.90 Å². The molecule has 1 aliphatic carbocycles. The number of halogens is 2. The van der Waals surface area contributed by atoms with Gasteiger partial charge in [0.1, 0.15) is 12.1 Å². The van der Waals surface area contributed by atoms with Crippen LogP contribution in [0.1, 0.15) is 31.2 Å². The molecule has 1 aliphatic heterocycles. The Morgan fingerprint density at radius 2 is 1.84 bits per heavy atom. The summed E-state index contributed by atoms with van der Waals surface area (Å²) >= 11 is 6.02.